The number of nitrogens with one attached hydrogen (secondary N) is 2. The van der Waals surface area contributed by atoms with Crippen LogP contribution in [0.1, 0.15) is 46.2 Å². The van der Waals surface area contributed by atoms with Crippen molar-refractivity contribution in [2.24, 2.45) is 0 Å². The number of aromatic nitrogens is 1. The lowest BCUT2D eigenvalue weighted by Crippen LogP contribution is -2.20. The summed E-state index contributed by atoms with van der Waals surface area (Å²) in [7, 11) is 0. The second kappa shape index (κ2) is 10.6. The molecule has 7 nitrogen and oxygen atoms in total. The number of benzene rings is 2. The lowest BCUT2D eigenvalue weighted by atomic mass is 9.99. The number of halogens is 3. The zero-order valence-corrected chi connectivity index (χ0v) is 19.8. The van der Waals surface area contributed by atoms with Gasteiger partial charge in [0, 0.05) is 17.0 Å². The van der Waals surface area contributed by atoms with Gasteiger partial charge in [-0.2, -0.15) is 13.2 Å². The van der Waals surface area contributed by atoms with Gasteiger partial charge in [-0.15, -0.1) is 0 Å². The van der Waals surface area contributed by atoms with E-state index in [0.717, 1.165) is 35.0 Å². The fourth-order valence-corrected chi connectivity index (χ4v) is 3.73. The van der Waals surface area contributed by atoms with Crippen molar-refractivity contribution in [3.8, 4) is 11.1 Å². The first-order valence-electron chi connectivity index (χ1n) is 11.0. The predicted octanol–water partition coefficient (Wildman–Crippen LogP) is 6.25. The molecule has 0 aliphatic heterocycles. The summed E-state index contributed by atoms with van der Waals surface area (Å²) in [6.45, 7) is 5.02. The number of pyridine rings is 1. The summed E-state index contributed by atoms with van der Waals surface area (Å²) in [6.07, 6.45) is -6.15. The zero-order chi connectivity index (χ0) is 26.6. The standard InChI is InChI=1S/C26H24F3N3O4/c1-4-19-11-18(9-15(3)30-19)16-6-5-7-17(10-16)23(33)13-24(34)31-22-12-20(26(27,28)29)14(2)8-21(22)32-25(35)36/h5-12,32H,4,13H2,1-3H3,(H,31,34)(H,35,36). The SMILES string of the molecule is CCc1cc(-c2cccc(C(=O)CC(=O)Nc3cc(C(F)(F)F)c(C)cc3NC(=O)O)c2)cc(C)n1. The number of aryl methyl sites for hydroxylation is 3. The van der Waals surface area contributed by atoms with Crippen LogP contribution in [0.3, 0.4) is 0 Å². The first kappa shape index (κ1) is 26.4. The maximum atomic E-state index is 13.3. The Morgan fingerprint density at radius 2 is 1.64 bits per heavy atom. The molecule has 188 valence electrons. The molecule has 0 saturated carbocycles. The van der Waals surface area contributed by atoms with Crippen molar-refractivity contribution in [1.29, 1.82) is 0 Å². The van der Waals surface area contributed by atoms with Gasteiger partial charge in [-0.1, -0.05) is 25.1 Å². The van der Waals surface area contributed by atoms with Gasteiger partial charge in [0.1, 0.15) is 0 Å². The summed E-state index contributed by atoms with van der Waals surface area (Å²) in [5, 5.41) is 13.2. The molecule has 0 radical (unpaired) electrons. The number of carbonyl (C=O) groups is 3. The molecule has 0 aliphatic rings. The second-order valence-electron chi connectivity index (χ2n) is 8.21. The van der Waals surface area contributed by atoms with E-state index < -0.39 is 41.6 Å². The van der Waals surface area contributed by atoms with E-state index in [1.807, 2.05) is 37.4 Å². The molecule has 0 atom stereocenters. The summed E-state index contributed by atoms with van der Waals surface area (Å²) in [5.41, 5.74) is 1.67. The molecule has 0 aliphatic carbocycles. The van der Waals surface area contributed by atoms with Crippen LogP contribution in [0, 0.1) is 13.8 Å². The van der Waals surface area contributed by atoms with Gasteiger partial charge in [-0.05, 0) is 67.3 Å². The molecule has 2 amide bonds. The third kappa shape index (κ3) is 6.47. The van der Waals surface area contributed by atoms with Gasteiger partial charge in [-0.25, -0.2) is 4.79 Å². The van der Waals surface area contributed by atoms with Crippen molar-refractivity contribution >= 4 is 29.2 Å². The summed E-state index contributed by atoms with van der Waals surface area (Å²) >= 11 is 0. The molecule has 0 unspecified atom stereocenters. The van der Waals surface area contributed by atoms with Gasteiger partial charge in [0.25, 0.3) is 0 Å². The van der Waals surface area contributed by atoms with Crippen molar-refractivity contribution in [2.45, 2.75) is 39.8 Å². The topological polar surface area (TPSA) is 108 Å². The molecule has 1 aromatic heterocycles. The molecule has 0 fully saturated rings. The Hall–Kier alpha value is -4.21. The predicted molar refractivity (Wildman–Crippen MR) is 129 cm³/mol. The molecule has 0 bridgehead atoms. The van der Waals surface area contributed by atoms with Crippen molar-refractivity contribution in [3.63, 3.8) is 0 Å². The summed E-state index contributed by atoms with van der Waals surface area (Å²) < 4.78 is 40.0. The third-order valence-corrected chi connectivity index (χ3v) is 5.39. The van der Waals surface area contributed by atoms with Crippen molar-refractivity contribution in [2.75, 3.05) is 10.6 Å². The average molecular weight is 499 g/mol. The number of carboxylic acid groups (broad SMARTS) is 1. The van der Waals surface area contributed by atoms with Gasteiger partial charge < -0.3 is 10.4 Å². The number of carbonyl (C=O) groups excluding carboxylic acids is 2. The van der Waals surface area contributed by atoms with Crippen molar-refractivity contribution in [3.05, 3.63) is 76.6 Å². The van der Waals surface area contributed by atoms with E-state index in [2.05, 4.69) is 10.3 Å². The minimum Gasteiger partial charge on any atom is -0.465 e. The molecular weight excluding hydrogens is 475 g/mol. The van der Waals surface area contributed by atoms with E-state index in [-0.39, 0.29) is 16.8 Å². The molecule has 0 saturated heterocycles. The molecule has 10 heteroatoms. The van der Waals surface area contributed by atoms with E-state index in [0.29, 0.717) is 6.07 Å². The van der Waals surface area contributed by atoms with Crippen LogP contribution in [0.5, 0.6) is 0 Å². The molecule has 0 spiro atoms. The van der Waals surface area contributed by atoms with E-state index in [1.165, 1.54) is 6.92 Å². The van der Waals surface area contributed by atoms with Crippen LogP contribution in [0.15, 0.2) is 48.5 Å². The van der Waals surface area contributed by atoms with Crippen LogP contribution < -0.4 is 10.6 Å². The molecule has 3 aromatic rings. The smallest absolute Gasteiger partial charge is 0.416 e. The minimum absolute atomic E-state index is 0.227. The highest BCUT2D eigenvalue weighted by atomic mass is 19.4. The van der Waals surface area contributed by atoms with Gasteiger partial charge in [0.15, 0.2) is 5.78 Å². The first-order valence-corrected chi connectivity index (χ1v) is 11.0. The Bertz CT molecular complexity index is 1340. The minimum atomic E-state index is -4.72. The Morgan fingerprint density at radius 1 is 0.944 bits per heavy atom. The summed E-state index contributed by atoms with van der Waals surface area (Å²) in [6, 6.07) is 12.1. The molecular formula is C26H24F3N3O4. The fraction of sp³-hybridized carbons (Fsp3) is 0.231. The van der Waals surface area contributed by atoms with Crippen LogP contribution in [0.4, 0.5) is 29.3 Å². The summed E-state index contributed by atoms with van der Waals surface area (Å²) in [5.74, 6) is -1.43. The number of Topliss-reactive ketones (excluding diaryl/α,β-unsaturated/α-hetero) is 1. The highest BCUT2D eigenvalue weighted by Crippen LogP contribution is 2.37. The van der Waals surface area contributed by atoms with Gasteiger partial charge >= 0.3 is 12.3 Å². The fourth-order valence-electron chi connectivity index (χ4n) is 3.73. The number of hydrogen-bond acceptors (Lipinski definition) is 4. The number of rotatable bonds is 7. The van der Waals surface area contributed by atoms with Gasteiger partial charge in [-0.3, -0.25) is 19.9 Å². The van der Waals surface area contributed by atoms with Crippen molar-refractivity contribution < 1.29 is 32.7 Å². The molecule has 2 aromatic carbocycles. The molecule has 1 heterocycles. The molecule has 3 N–H and O–H groups in total. The lowest BCUT2D eigenvalue weighted by molar-refractivity contribution is -0.138. The number of ketones is 1. The average Bonchev–Trinajstić information content (AvgIpc) is 2.79. The van der Waals surface area contributed by atoms with Gasteiger partial charge in [0.05, 0.1) is 23.4 Å². The second-order valence-corrected chi connectivity index (χ2v) is 8.21. The monoisotopic (exact) mass is 499 g/mol. The van der Waals surface area contributed by atoms with E-state index >= 15 is 0 Å². The Kier molecular flexibility index (Phi) is 7.77. The number of anilines is 2. The quantitative estimate of drug-likeness (QED) is 0.263. The Balaban J connectivity index is 1.83. The maximum Gasteiger partial charge on any atom is 0.416 e. The van der Waals surface area contributed by atoms with Crippen LogP contribution in [0.25, 0.3) is 11.1 Å². The highest BCUT2D eigenvalue weighted by Gasteiger charge is 2.33. The normalized spacial score (nSPS) is 11.2. The number of nitrogens with zero attached hydrogens (tertiary/aromatic N) is 1. The van der Waals surface area contributed by atoms with E-state index in [1.54, 1.807) is 18.2 Å². The third-order valence-electron chi connectivity index (χ3n) is 5.39. The summed E-state index contributed by atoms with van der Waals surface area (Å²) in [4.78, 5) is 40.9. The largest absolute Gasteiger partial charge is 0.465 e. The van der Waals surface area contributed by atoms with Crippen LogP contribution in [-0.4, -0.2) is 27.9 Å². The Morgan fingerprint density at radius 3 is 2.28 bits per heavy atom. The highest BCUT2D eigenvalue weighted by molar-refractivity contribution is 6.12. The van der Waals surface area contributed by atoms with Crippen LogP contribution >= 0.6 is 0 Å². The molecule has 3 rings (SSSR count). The van der Waals surface area contributed by atoms with E-state index in [4.69, 9.17) is 5.11 Å². The van der Waals surface area contributed by atoms with Gasteiger partial charge in [0.2, 0.25) is 5.91 Å². The van der Waals surface area contributed by atoms with E-state index in [9.17, 15) is 27.6 Å². The van der Waals surface area contributed by atoms with Crippen LogP contribution in [-0.2, 0) is 17.4 Å². The zero-order valence-electron chi connectivity index (χ0n) is 19.8. The first-order chi connectivity index (χ1) is 16.9. The lowest BCUT2D eigenvalue weighted by Gasteiger charge is -2.17. The Labute approximate surface area is 205 Å². The van der Waals surface area contributed by atoms with Crippen LogP contribution in [0.2, 0.25) is 0 Å². The molecule has 36 heavy (non-hydrogen) atoms. The van der Waals surface area contributed by atoms with Crippen molar-refractivity contribution in [1.82, 2.24) is 4.98 Å². The number of alkyl halides is 3. The maximum absolute atomic E-state index is 13.3. The number of amides is 2. The number of hydrogen-bond donors (Lipinski definition) is 3.